The lowest BCUT2D eigenvalue weighted by Crippen LogP contribution is -2.35. The van der Waals surface area contributed by atoms with Crippen molar-refractivity contribution in [2.75, 3.05) is 5.75 Å². The number of alkyl halides is 3. The summed E-state index contributed by atoms with van der Waals surface area (Å²) >= 11 is 1.91. The summed E-state index contributed by atoms with van der Waals surface area (Å²) in [6.45, 7) is 4.08. The Morgan fingerprint density at radius 1 is 1.37 bits per heavy atom. The SMILES string of the molecule is CC(NC1CCSC1C)c1cccc(C(F)(F)F)c1. The van der Waals surface area contributed by atoms with Gasteiger partial charge in [0.05, 0.1) is 5.56 Å². The Morgan fingerprint density at radius 2 is 2.11 bits per heavy atom. The lowest BCUT2D eigenvalue weighted by molar-refractivity contribution is -0.137. The zero-order valence-electron chi connectivity index (χ0n) is 11.0. The van der Waals surface area contributed by atoms with Crippen molar-refractivity contribution in [1.82, 2.24) is 5.32 Å². The van der Waals surface area contributed by atoms with Crippen LogP contribution in [0.5, 0.6) is 0 Å². The number of hydrogen-bond donors (Lipinski definition) is 1. The largest absolute Gasteiger partial charge is 0.416 e. The maximum absolute atomic E-state index is 12.7. The van der Waals surface area contributed by atoms with E-state index in [1.165, 1.54) is 12.1 Å². The van der Waals surface area contributed by atoms with E-state index in [0.29, 0.717) is 16.9 Å². The van der Waals surface area contributed by atoms with Crippen molar-refractivity contribution in [3.05, 3.63) is 35.4 Å². The molecule has 0 spiro atoms. The van der Waals surface area contributed by atoms with Crippen molar-refractivity contribution >= 4 is 11.8 Å². The molecule has 106 valence electrons. The second-order valence-electron chi connectivity index (χ2n) is 4.98. The van der Waals surface area contributed by atoms with Crippen molar-refractivity contribution in [2.45, 2.75) is 43.8 Å². The fourth-order valence-corrected chi connectivity index (χ4v) is 3.56. The average molecular weight is 289 g/mol. The van der Waals surface area contributed by atoms with E-state index in [0.717, 1.165) is 18.2 Å². The first-order chi connectivity index (χ1) is 8.88. The van der Waals surface area contributed by atoms with Gasteiger partial charge in [-0.15, -0.1) is 0 Å². The average Bonchev–Trinajstić information content (AvgIpc) is 2.74. The third kappa shape index (κ3) is 3.66. The van der Waals surface area contributed by atoms with Crippen molar-refractivity contribution in [1.29, 1.82) is 0 Å². The Bertz CT molecular complexity index is 433. The maximum Gasteiger partial charge on any atom is 0.416 e. The van der Waals surface area contributed by atoms with Crippen LogP contribution >= 0.6 is 11.8 Å². The zero-order valence-corrected chi connectivity index (χ0v) is 11.8. The highest BCUT2D eigenvalue weighted by Gasteiger charge is 2.31. The second-order valence-corrected chi connectivity index (χ2v) is 6.47. The number of hydrogen-bond acceptors (Lipinski definition) is 2. The zero-order chi connectivity index (χ0) is 14.0. The summed E-state index contributed by atoms with van der Waals surface area (Å²) in [5, 5.41) is 3.96. The molecule has 0 amide bonds. The van der Waals surface area contributed by atoms with Crippen LogP contribution in [-0.4, -0.2) is 17.0 Å². The first-order valence-electron chi connectivity index (χ1n) is 6.42. The summed E-state index contributed by atoms with van der Waals surface area (Å²) in [6.07, 6.45) is -3.19. The molecule has 1 aliphatic heterocycles. The van der Waals surface area contributed by atoms with E-state index in [1.54, 1.807) is 6.07 Å². The first kappa shape index (κ1) is 14.7. The molecule has 3 unspecified atom stereocenters. The van der Waals surface area contributed by atoms with Gasteiger partial charge in [0.25, 0.3) is 0 Å². The van der Waals surface area contributed by atoms with E-state index in [2.05, 4.69) is 12.2 Å². The van der Waals surface area contributed by atoms with Gasteiger partial charge in [0.1, 0.15) is 0 Å². The van der Waals surface area contributed by atoms with Crippen molar-refractivity contribution in [3.8, 4) is 0 Å². The van der Waals surface area contributed by atoms with Gasteiger partial charge < -0.3 is 5.32 Å². The van der Waals surface area contributed by atoms with Gasteiger partial charge in [-0.25, -0.2) is 0 Å². The molecule has 1 nitrogen and oxygen atoms in total. The molecule has 1 heterocycles. The predicted molar refractivity (Wildman–Crippen MR) is 73.3 cm³/mol. The topological polar surface area (TPSA) is 12.0 Å². The fraction of sp³-hybridized carbons (Fsp3) is 0.571. The van der Waals surface area contributed by atoms with Crippen LogP contribution in [0, 0.1) is 0 Å². The maximum atomic E-state index is 12.7. The molecule has 0 saturated carbocycles. The van der Waals surface area contributed by atoms with E-state index in [9.17, 15) is 13.2 Å². The highest BCUT2D eigenvalue weighted by molar-refractivity contribution is 8.00. The molecule has 2 rings (SSSR count). The van der Waals surface area contributed by atoms with Crippen LogP contribution in [0.4, 0.5) is 13.2 Å². The minimum absolute atomic E-state index is 0.0616. The van der Waals surface area contributed by atoms with Gasteiger partial charge in [-0.3, -0.25) is 0 Å². The summed E-state index contributed by atoms with van der Waals surface area (Å²) in [4.78, 5) is 0. The molecule has 0 radical (unpaired) electrons. The molecule has 1 saturated heterocycles. The summed E-state index contributed by atoms with van der Waals surface area (Å²) in [5.74, 6) is 1.12. The van der Waals surface area contributed by atoms with Crippen LogP contribution in [0.25, 0.3) is 0 Å². The molecule has 1 N–H and O–H groups in total. The molecule has 0 aliphatic carbocycles. The van der Waals surface area contributed by atoms with E-state index in [-0.39, 0.29) is 6.04 Å². The van der Waals surface area contributed by atoms with Gasteiger partial charge in [0.2, 0.25) is 0 Å². The van der Waals surface area contributed by atoms with Gasteiger partial charge in [-0.2, -0.15) is 24.9 Å². The third-order valence-corrected chi connectivity index (χ3v) is 4.88. The van der Waals surface area contributed by atoms with Crippen LogP contribution in [0.1, 0.15) is 37.4 Å². The predicted octanol–water partition coefficient (Wildman–Crippen LogP) is 4.25. The lowest BCUT2D eigenvalue weighted by atomic mass is 10.0. The molecule has 0 bridgehead atoms. The van der Waals surface area contributed by atoms with Crippen molar-refractivity contribution in [2.24, 2.45) is 0 Å². The number of benzene rings is 1. The molecular formula is C14H18F3NS. The van der Waals surface area contributed by atoms with Crippen molar-refractivity contribution in [3.63, 3.8) is 0 Å². The highest BCUT2D eigenvalue weighted by atomic mass is 32.2. The Hall–Kier alpha value is -0.680. The van der Waals surface area contributed by atoms with Gasteiger partial charge in [0.15, 0.2) is 0 Å². The highest BCUT2D eigenvalue weighted by Crippen LogP contribution is 2.32. The Balaban J connectivity index is 2.08. The minimum atomic E-state index is -4.27. The second kappa shape index (κ2) is 5.75. The number of rotatable bonds is 3. The fourth-order valence-electron chi connectivity index (χ4n) is 2.35. The standard InChI is InChI=1S/C14H18F3NS/c1-9(18-13-6-7-19-10(13)2)11-4-3-5-12(8-11)14(15,16)17/h3-5,8-10,13,18H,6-7H2,1-2H3. The number of halogens is 3. The Kier molecular flexibility index (Phi) is 4.46. The van der Waals surface area contributed by atoms with Crippen LogP contribution in [0.2, 0.25) is 0 Å². The molecule has 5 heteroatoms. The van der Waals surface area contributed by atoms with Crippen LogP contribution in [0.15, 0.2) is 24.3 Å². The lowest BCUT2D eigenvalue weighted by Gasteiger charge is -2.23. The van der Waals surface area contributed by atoms with E-state index >= 15 is 0 Å². The molecule has 19 heavy (non-hydrogen) atoms. The number of nitrogens with one attached hydrogen (secondary N) is 1. The Morgan fingerprint density at radius 3 is 2.68 bits per heavy atom. The van der Waals surface area contributed by atoms with Gasteiger partial charge in [-0.05, 0) is 36.8 Å². The third-order valence-electron chi connectivity index (χ3n) is 3.55. The van der Waals surface area contributed by atoms with E-state index < -0.39 is 11.7 Å². The Labute approximate surface area is 116 Å². The smallest absolute Gasteiger partial charge is 0.306 e. The van der Waals surface area contributed by atoms with Gasteiger partial charge >= 0.3 is 6.18 Å². The van der Waals surface area contributed by atoms with Crippen molar-refractivity contribution < 1.29 is 13.2 Å². The van der Waals surface area contributed by atoms with Crippen LogP contribution < -0.4 is 5.32 Å². The molecule has 1 aromatic carbocycles. The quantitative estimate of drug-likeness (QED) is 0.892. The molecule has 1 aromatic rings. The minimum Gasteiger partial charge on any atom is -0.306 e. The molecular weight excluding hydrogens is 271 g/mol. The monoisotopic (exact) mass is 289 g/mol. The van der Waals surface area contributed by atoms with E-state index in [1.807, 2.05) is 18.7 Å². The van der Waals surface area contributed by atoms with Gasteiger partial charge in [-0.1, -0.05) is 19.1 Å². The van der Waals surface area contributed by atoms with E-state index in [4.69, 9.17) is 0 Å². The molecule has 1 fully saturated rings. The molecule has 0 aromatic heterocycles. The molecule has 1 aliphatic rings. The first-order valence-corrected chi connectivity index (χ1v) is 7.47. The summed E-state index contributed by atoms with van der Waals surface area (Å²) < 4.78 is 38.0. The van der Waals surface area contributed by atoms with Crippen LogP contribution in [0.3, 0.4) is 0 Å². The molecule has 3 atom stereocenters. The summed E-state index contributed by atoms with van der Waals surface area (Å²) in [7, 11) is 0. The number of thioether (sulfide) groups is 1. The van der Waals surface area contributed by atoms with Crippen LogP contribution in [-0.2, 0) is 6.18 Å². The summed E-state index contributed by atoms with van der Waals surface area (Å²) in [6, 6.07) is 5.90. The normalized spacial score (nSPS) is 25.5. The summed E-state index contributed by atoms with van der Waals surface area (Å²) in [5.41, 5.74) is 0.117. The van der Waals surface area contributed by atoms with Gasteiger partial charge in [0, 0.05) is 17.3 Å².